The van der Waals surface area contributed by atoms with Crippen molar-refractivity contribution in [1.29, 1.82) is 0 Å². The zero-order valence-corrected chi connectivity index (χ0v) is 6.87. The molecular weight excluding hydrogens is 148 g/mol. The Morgan fingerprint density at radius 2 is 2.00 bits per heavy atom. The number of halogens is 1. The van der Waals surface area contributed by atoms with Gasteiger partial charge in [-0.05, 0) is 26.2 Å². The van der Waals surface area contributed by atoms with Crippen molar-refractivity contribution in [1.82, 2.24) is 0 Å². The van der Waals surface area contributed by atoms with Gasteiger partial charge in [0.05, 0.1) is 0 Å². The molecule has 2 heteroatoms. The Hall–Kier alpha value is -0.300. The first-order valence-corrected chi connectivity index (χ1v) is 3.98. The van der Waals surface area contributed by atoms with Crippen LogP contribution in [-0.2, 0) is 4.79 Å². The second-order valence-corrected chi connectivity index (χ2v) is 3.21. The van der Waals surface area contributed by atoms with Crippen molar-refractivity contribution in [2.45, 2.75) is 32.6 Å². The minimum absolute atomic E-state index is 0.249. The van der Waals surface area contributed by atoms with E-state index in [9.17, 15) is 4.79 Å². The Kier molecular flexibility index (Phi) is 2.50. The molecule has 0 spiro atoms. The molecule has 56 valence electrons. The third kappa shape index (κ3) is 1.60. The maximum Gasteiger partial charge on any atom is 0.160 e. The molecule has 0 unspecified atom stereocenters. The zero-order chi connectivity index (χ0) is 7.56. The van der Waals surface area contributed by atoms with Crippen molar-refractivity contribution in [2.75, 3.05) is 0 Å². The van der Waals surface area contributed by atoms with E-state index in [0.717, 1.165) is 24.8 Å². The van der Waals surface area contributed by atoms with Crippen molar-refractivity contribution in [3.8, 4) is 0 Å². The van der Waals surface area contributed by atoms with E-state index in [1.807, 2.05) is 0 Å². The number of ketones is 1. The Balaban J connectivity index is 2.75. The Bertz CT molecular complexity index is 178. The molecule has 0 N–H and O–H groups in total. The molecule has 0 radical (unpaired) electrons. The normalized spacial score (nSPS) is 24.8. The standard InChI is InChI=1S/C8H11ClO/c1-6(9)7-4-2-3-5-8(7)10/h2-5H2,1H3/b7-6+. The Labute approximate surface area is 66.1 Å². The van der Waals surface area contributed by atoms with Crippen LogP contribution in [0.5, 0.6) is 0 Å². The predicted octanol–water partition coefficient (Wildman–Crippen LogP) is 2.64. The minimum atomic E-state index is 0.249. The van der Waals surface area contributed by atoms with E-state index in [2.05, 4.69) is 0 Å². The summed E-state index contributed by atoms with van der Waals surface area (Å²) in [5.74, 6) is 0.249. The van der Waals surface area contributed by atoms with Crippen LogP contribution in [0, 0.1) is 0 Å². The van der Waals surface area contributed by atoms with Crippen LogP contribution >= 0.6 is 11.6 Å². The number of allylic oxidation sites excluding steroid dienone is 2. The highest BCUT2D eigenvalue weighted by atomic mass is 35.5. The van der Waals surface area contributed by atoms with Crippen LogP contribution in [-0.4, -0.2) is 5.78 Å². The zero-order valence-electron chi connectivity index (χ0n) is 6.11. The SMILES string of the molecule is C/C(Cl)=C1/CCCCC1=O. The average molecular weight is 159 g/mol. The van der Waals surface area contributed by atoms with Gasteiger partial charge in [0, 0.05) is 17.0 Å². The van der Waals surface area contributed by atoms with Gasteiger partial charge in [-0.3, -0.25) is 4.79 Å². The summed E-state index contributed by atoms with van der Waals surface area (Å²) in [6, 6.07) is 0. The summed E-state index contributed by atoms with van der Waals surface area (Å²) in [5, 5.41) is 0.685. The van der Waals surface area contributed by atoms with Crippen LogP contribution < -0.4 is 0 Å². The first kappa shape index (κ1) is 7.80. The number of hydrogen-bond acceptors (Lipinski definition) is 1. The molecule has 0 saturated heterocycles. The molecule has 0 aromatic carbocycles. The van der Waals surface area contributed by atoms with E-state index < -0.39 is 0 Å². The number of hydrogen-bond donors (Lipinski definition) is 0. The lowest BCUT2D eigenvalue weighted by Crippen LogP contribution is -2.08. The van der Waals surface area contributed by atoms with Crippen molar-refractivity contribution in [2.24, 2.45) is 0 Å². The van der Waals surface area contributed by atoms with Gasteiger partial charge in [-0.2, -0.15) is 0 Å². The summed E-state index contributed by atoms with van der Waals surface area (Å²) in [6.07, 6.45) is 3.73. The molecule has 0 heterocycles. The largest absolute Gasteiger partial charge is 0.295 e. The molecule has 1 aliphatic rings. The maximum atomic E-state index is 11.1. The molecule has 0 amide bonds. The van der Waals surface area contributed by atoms with E-state index in [0.29, 0.717) is 11.5 Å². The molecule has 0 aromatic heterocycles. The first-order valence-electron chi connectivity index (χ1n) is 3.60. The number of rotatable bonds is 0. The lowest BCUT2D eigenvalue weighted by Gasteiger charge is -2.12. The van der Waals surface area contributed by atoms with Gasteiger partial charge in [0.1, 0.15) is 0 Å². The molecular formula is C8H11ClO. The lowest BCUT2D eigenvalue weighted by molar-refractivity contribution is -0.116. The van der Waals surface area contributed by atoms with Gasteiger partial charge in [0.15, 0.2) is 5.78 Å². The monoisotopic (exact) mass is 158 g/mol. The van der Waals surface area contributed by atoms with E-state index in [1.165, 1.54) is 0 Å². The summed E-state index contributed by atoms with van der Waals surface area (Å²) < 4.78 is 0. The lowest BCUT2D eigenvalue weighted by atomic mass is 9.93. The van der Waals surface area contributed by atoms with Gasteiger partial charge in [-0.15, -0.1) is 0 Å². The van der Waals surface area contributed by atoms with Crippen LogP contribution in [0.15, 0.2) is 10.6 Å². The molecule has 0 bridgehead atoms. The summed E-state index contributed by atoms with van der Waals surface area (Å²) in [7, 11) is 0. The van der Waals surface area contributed by atoms with Gasteiger partial charge < -0.3 is 0 Å². The molecule has 10 heavy (non-hydrogen) atoms. The quantitative estimate of drug-likeness (QED) is 0.496. The van der Waals surface area contributed by atoms with Crippen LogP contribution in [0.1, 0.15) is 32.6 Å². The molecule has 0 aliphatic heterocycles. The molecule has 1 fully saturated rings. The van der Waals surface area contributed by atoms with Crippen LogP contribution in [0.2, 0.25) is 0 Å². The molecule has 1 rings (SSSR count). The van der Waals surface area contributed by atoms with Crippen LogP contribution in [0.4, 0.5) is 0 Å². The molecule has 1 nitrogen and oxygen atoms in total. The summed E-state index contributed by atoms with van der Waals surface area (Å²) in [5.41, 5.74) is 0.855. The third-order valence-corrected chi connectivity index (χ3v) is 2.06. The fourth-order valence-corrected chi connectivity index (χ4v) is 1.44. The van der Waals surface area contributed by atoms with Gasteiger partial charge in [-0.25, -0.2) is 0 Å². The summed E-state index contributed by atoms with van der Waals surface area (Å²) in [6.45, 7) is 1.79. The van der Waals surface area contributed by atoms with E-state index >= 15 is 0 Å². The van der Waals surface area contributed by atoms with Crippen molar-refractivity contribution >= 4 is 17.4 Å². The van der Waals surface area contributed by atoms with Gasteiger partial charge in [0.25, 0.3) is 0 Å². The first-order chi connectivity index (χ1) is 4.72. The van der Waals surface area contributed by atoms with E-state index in [4.69, 9.17) is 11.6 Å². The van der Waals surface area contributed by atoms with Crippen molar-refractivity contribution in [3.05, 3.63) is 10.6 Å². The predicted molar refractivity (Wildman–Crippen MR) is 42.0 cm³/mol. The fourth-order valence-electron chi connectivity index (χ4n) is 1.24. The highest BCUT2D eigenvalue weighted by Gasteiger charge is 2.15. The number of carbonyl (C=O) groups excluding carboxylic acids is 1. The molecule has 0 aromatic rings. The number of Topliss-reactive ketones (excluding diaryl/α,β-unsaturated/α-hetero) is 1. The highest BCUT2D eigenvalue weighted by Crippen LogP contribution is 2.23. The molecule has 0 atom stereocenters. The molecule has 1 aliphatic carbocycles. The van der Waals surface area contributed by atoms with E-state index in [1.54, 1.807) is 6.92 Å². The van der Waals surface area contributed by atoms with Crippen molar-refractivity contribution < 1.29 is 4.79 Å². The molecule has 1 saturated carbocycles. The minimum Gasteiger partial charge on any atom is -0.295 e. The van der Waals surface area contributed by atoms with Crippen LogP contribution in [0.25, 0.3) is 0 Å². The second kappa shape index (κ2) is 3.20. The van der Waals surface area contributed by atoms with Gasteiger partial charge in [0.2, 0.25) is 0 Å². The topological polar surface area (TPSA) is 17.1 Å². The maximum absolute atomic E-state index is 11.1. The van der Waals surface area contributed by atoms with E-state index in [-0.39, 0.29) is 5.78 Å². The summed E-state index contributed by atoms with van der Waals surface area (Å²) in [4.78, 5) is 11.1. The average Bonchev–Trinajstić information content (AvgIpc) is 1.88. The summed E-state index contributed by atoms with van der Waals surface area (Å²) >= 11 is 5.71. The van der Waals surface area contributed by atoms with Crippen LogP contribution in [0.3, 0.4) is 0 Å². The smallest absolute Gasteiger partial charge is 0.160 e. The van der Waals surface area contributed by atoms with Gasteiger partial charge >= 0.3 is 0 Å². The number of carbonyl (C=O) groups is 1. The van der Waals surface area contributed by atoms with Crippen molar-refractivity contribution in [3.63, 3.8) is 0 Å². The highest BCUT2D eigenvalue weighted by molar-refractivity contribution is 6.31. The Morgan fingerprint density at radius 3 is 2.40 bits per heavy atom. The Morgan fingerprint density at radius 1 is 1.40 bits per heavy atom. The fraction of sp³-hybridized carbons (Fsp3) is 0.625. The van der Waals surface area contributed by atoms with Gasteiger partial charge in [-0.1, -0.05) is 11.6 Å². The third-order valence-electron chi connectivity index (χ3n) is 1.83. The second-order valence-electron chi connectivity index (χ2n) is 2.64.